The second kappa shape index (κ2) is 5.01. The Labute approximate surface area is 103 Å². The third-order valence-electron chi connectivity index (χ3n) is 2.58. The van der Waals surface area contributed by atoms with E-state index in [0.29, 0.717) is 30.2 Å². The molecule has 1 amide bonds. The quantitative estimate of drug-likeness (QED) is 0.765. The van der Waals surface area contributed by atoms with Gasteiger partial charge in [-0.05, 0) is 24.3 Å². The number of amides is 1. The van der Waals surface area contributed by atoms with Gasteiger partial charge in [-0.25, -0.2) is 0 Å². The van der Waals surface area contributed by atoms with Gasteiger partial charge in [-0.3, -0.25) is 9.00 Å². The van der Waals surface area contributed by atoms with Crippen molar-refractivity contribution in [2.45, 2.75) is 4.90 Å². The first-order valence-corrected chi connectivity index (χ1v) is 7.03. The van der Waals surface area contributed by atoms with Crippen LogP contribution in [0.25, 0.3) is 0 Å². The van der Waals surface area contributed by atoms with Gasteiger partial charge in [-0.2, -0.15) is 0 Å². The minimum atomic E-state index is -0.744. The summed E-state index contributed by atoms with van der Waals surface area (Å²) in [6, 6.07) is 7.16. The zero-order valence-electron chi connectivity index (χ0n) is 8.76. The smallest absolute Gasteiger partial charge is 0.253 e. The first kappa shape index (κ1) is 11.7. The highest BCUT2D eigenvalue weighted by Gasteiger charge is 2.20. The Morgan fingerprint density at radius 3 is 2.31 bits per heavy atom. The summed E-state index contributed by atoms with van der Waals surface area (Å²) in [7, 11) is -0.744. The minimum Gasteiger partial charge on any atom is -0.337 e. The Kier molecular flexibility index (Phi) is 3.66. The van der Waals surface area contributed by atoms with E-state index in [0.717, 1.165) is 4.90 Å². The fourth-order valence-corrected chi connectivity index (χ4v) is 2.83. The van der Waals surface area contributed by atoms with Gasteiger partial charge in [0.2, 0.25) is 0 Å². The van der Waals surface area contributed by atoms with Crippen molar-refractivity contribution in [3.8, 4) is 0 Å². The molecular weight excluding hydrogens is 242 g/mol. The third-order valence-corrected chi connectivity index (χ3v) is 4.15. The summed E-state index contributed by atoms with van der Waals surface area (Å²) in [4.78, 5) is 14.6. The molecule has 1 aliphatic heterocycles. The highest BCUT2D eigenvalue weighted by molar-refractivity contribution is 7.85. The largest absolute Gasteiger partial charge is 0.337 e. The Bertz CT molecular complexity index is 406. The molecule has 1 fully saturated rings. The maximum absolute atomic E-state index is 12.0. The lowest BCUT2D eigenvalue weighted by atomic mass is 10.2. The molecule has 0 bridgehead atoms. The lowest BCUT2D eigenvalue weighted by Gasteiger charge is -2.26. The van der Waals surface area contributed by atoms with Crippen LogP contribution in [0.3, 0.4) is 0 Å². The van der Waals surface area contributed by atoms with Gasteiger partial charge in [0.1, 0.15) is 0 Å². The number of carbonyl (C=O) groups is 1. The fraction of sp³-hybridized carbons (Fsp3) is 0.364. The number of carbonyl (C=O) groups excluding carboxylic acids is 1. The molecule has 0 radical (unpaired) electrons. The van der Waals surface area contributed by atoms with Crippen LogP contribution < -0.4 is 0 Å². The van der Waals surface area contributed by atoms with Crippen molar-refractivity contribution in [3.63, 3.8) is 0 Å². The van der Waals surface area contributed by atoms with E-state index in [1.807, 2.05) is 0 Å². The standard InChI is InChI=1S/C11H13NO2S2/c13-11(9-1-3-10(15)4-2-9)12-5-7-16(14)8-6-12/h1-4,15H,5-8H2. The molecular formula is C11H13NO2S2. The van der Waals surface area contributed by atoms with E-state index in [9.17, 15) is 9.00 Å². The van der Waals surface area contributed by atoms with Gasteiger partial charge in [0, 0.05) is 45.9 Å². The van der Waals surface area contributed by atoms with Crippen LogP contribution in [-0.2, 0) is 10.8 Å². The molecule has 16 heavy (non-hydrogen) atoms. The number of benzene rings is 1. The lowest BCUT2D eigenvalue weighted by Crippen LogP contribution is -2.41. The van der Waals surface area contributed by atoms with Crippen LogP contribution in [0.2, 0.25) is 0 Å². The summed E-state index contributed by atoms with van der Waals surface area (Å²) in [6.45, 7) is 1.18. The van der Waals surface area contributed by atoms with E-state index in [1.165, 1.54) is 0 Å². The van der Waals surface area contributed by atoms with Crippen molar-refractivity contribution in [1.29, 1.82) is 0 Å². The fourth-order valence-electron chi connectivity index (χ4n) is 1.63. The summed E-state index contributed by atoms with van der Waals surface area (Å²) in [6.07, 6.45) is 0. The topological polar surface area (TPSA) is 37.4 Å². The molecule has 3 nitrogen and oxygen atoms in total. The second-order valence-corrected chi connectivity index (χ2v) is 5.90. The van der Waals surface area contributed by atoms with Gasteiger partial charge in [-0.1, -0.05) is 0 Å². The van der Waals surface area contributed by atoms with E-state index in [2.05, 4.69) is 12.6 Å². The molecule has 0 aliphatic carbocycles. The average molecular weight is 255 g/mol. The van der Waals surface area contributed by atoms with Crippen LogP contribution >= 0.6 is 12.6 Å². The molecule has 0 atom stereocenters. The maximum atomic E-state index is 12.0. The molecule has 0 N–H and O–H groups in total. The third kappa shape index (κ3) is 2.65. The molecule has 5 heteroatoms. The minimum absolute atomic E-state index is 0.0185. The van der Waals surface area contributed by atoms with Crippen molar-refractivity contribution in [1.82, 2.24) is 4.90 Å². The van der Waals surface area contributed by atoms with Crippen molar-refractivity contribution >= 4 is 29.3 Å². The molecule has 1 saturated heterocycles. The van der Waals surface area contributed by atoms with Gasteiger partial charge in [0.05, 0.1) is 0 Å². The molecule has 1 aromatic rings. The van der Waals surface area contributed by atoms with Crippen LogP contribution in [0.15, 0.2) is 29.2 Å². The molecule has 0 unspecified atom stereocenters. The molecule has 0 aromatic heterocycles. The Morgan fingerprint density at radius 2 is 1.75 bits per heavy atom. The molecule has 2 rings (SSSR count). The summed E-state index contributed by atoms with van der Waals surface area (Å²) in [5, 5.41) is 0. The maximum Gasteiger partial charge on any atom is 0.253 e. The normalized spacial score (nSPS) is 17.4. The van der Waals surface area contributed by atoms with Gasteiger partial charge >= 0.3 is 0 Å². The van der Waals surface area contributed by atoms with Gasteiger partial charge < -0.3 is 4.90 Å². The summed E-state index contributed by atoms with van der Waals surface area (Å²) in [5.41, 5.74) is 0.672. The molecule has 1 heterocycles. The number of rotatable bonds is 1. The number of nitrogens with zero attached hydrogens (tertiary/aromatic N) is 1. The SMILES string of the molecule is O=C(c1ccc(S)cc1)N1CCS(=O)CC1. The van der Waals surface area contributed by atoms with Gasteiger partial charge in [0.25, 0.3) is 5.91 Å². The van der Waals surface area contributed by atoms with Crippen molar-refractivity contribution < 1.29 is 9.00 Å². The van der Waals surface area contributed by atoms with E-state index in [4.69, 9.17) is 0 Å². The zero-order valence-corrected chi connectivity index (χ0v) is 10.5. The summed E-state index contributed by atoms with van der Waals surface area (Å²) in [5.74, 6) is 1.21. The molecule has 1 aromatic carbocycles. The Morgan fingerprint density at radius 1 is 1.19 bits per heavy atom. The monoisotopic (exact) mass is 255 g/mol. The van der Waals surface area contributed by atoms with Crippen LogP contribution in [0, 0.1) is 0 Å². The first-order valence-electron chi connectivity index (χ1n) is 5.10. The zero-order chi connectivity index (χ0) is 11.5. The number of hydrogen-bond donors (Lipinski definition) is 1. The van der Waals surface area contributed by atoms with Crippen LogP contribution in [0.5, 0.6) is 0 Å². The summed E-state index contributed by atoms with van der Waals surface area (Å²) < 4.78 is 11.2. The van der Waals surface area contributed by atoms with Gasteiger partial charge in [-0.15, -0.1) is 12.6 Å². The number of thiol groups is 1. The highest BCUT2D eigenvalue weighted by atomic mass is 32.2. The van der Waals surface area contributed by atoms with E-state index >= 15 is 0 Å². The first-order chi connectivity index (χ1) is 7.66. The van der Waals surface area contributed by atoms with E-state index < -0.39 is 10.8 Å². The molecule has 1 aliphatic rings. The molecule has 0 saturated carbocycles. The van der Waals surface area contributed by atoms with Crippen molar-refractivity contribution in [2.24, 2.45) is 0 Å². The average Bonchev–Trinajstić information content (AvgIpc) is 2.30. The van der Waals surface area contributed by atoms with Crippen LogP contribution in [-0.4, -0.2) is 39.6 Å². The van der Waals surface area contributed by atoms with Crippen LogP contribution in [0.1, 0.15) is 10.4 Å². The Hall–Kier alpha value is -0.810. The second-order valence-electron chi connectivity index (χ2n) is 3.69. The van der Waals surface area contributed by atoms with E-state index in [-0.39, 0.29) is 5.91 Å². The van der Waals surface area contributed by atoms with E-state index in [1.54, 1.807) is 29.2 Å². The predicted octanol–water partition coefficient (Wildman–Crippen LogP) is 1.18. The van der Waals surface area contributed by atoms with Crippen molar-refractivity contribution in [2.75, 3.05) is 24.6 Å². The predicted molar refractivity (Wildman–Crippen MR) is 67.5 cm³/mol. The van der Waals surface area contributed by atoms with Gasteiger partial charge in [0.15, 0.2) is 0 Å². The Balaban J connectivity index is 2.07. The van der Waals surface area contributed by atoms with Crippen LogP contribution in [0.4, 0.5) is 0 Å². The molecule has 86 valence electrons. The molecule has 0 spiro atoms. The highest BCUT2D eigenvalue weighted by Crippen LogP contribution is 2.11. The number of hydrogen-bond acceptors (Lipinski definition) is 3. The lowest BCUT2D eigenvalue weighted by molar-refractivity contribution is 0.0771. The van der Waals surface area contributed by atoms with Crippen molar-refractivity contribution in [3.05, 3.63) is 29.8 Å². The summed E-state index contributed by atoms with van der Waals surface area (Å²) >= 11 is 4.17.